The van der Waals surface area contributed by atoms with Gasteiger partial charge >= 0.3 is 0 Å². The molecule has 3 aromatic rings. The Morgan fingerprint density at radius 1 is 0.897 bits per heavy atom. The fourth-order valence-electron chi connectivity index (χ4n) is 3.51. The van der Waals surface area contributed by atoms with E-state index in [1.807, 2.05) is 62.5 Å². The molecule has 1 fully saturated rings. The molecule has 29 heavy (non-hydrogen) atoms. The van der Waals surface area contributed by atoms with Crippen LogP contribution in [-0.4, -0.2) is 42.1 Å². The van der Waals surface area contributed by atoms with Crippen molar-refractivity contribution in [2.45, 2.75) is 13.8 Å². The third kappa shape index (κ3) is 4.21. The summed E-state index contributed by atoms with van der Waals surface area (Å²) in [6, 6.07) is 15.6. The quantitative estimate of drug-likeness (QED) is 0.740. The van der Waals surface area contributed by atoms with Gasteiger partial charge < -0.3 is 15.1 Å². The van der Waals surface area contributed by atoms with Crippen LogP contribution < -0.4 is 15.1 Å². The van der Waals surface area contributed by atoms with Gasteiger partial charge in [0, 0.05) is 38.1 Å². The lowest BCUT2D eigenvalue weighted by molar-refractivity contribution is 0.102. The summed E-state index contributed by atoms with van der Waals surface area (Å²) < 4.78 is 0. The number of hydrogen-bond acceptors (Lipinski definition) is 5. The van der Waals surface area contributed by atoms with E-state index in [1.54, 1.807) is 12.3 Å². The standard InChI is InChI=1S/C23H25N5O/c1-17-6-5-7-20(18(17)2)26-23(29)21-10-9-19(16-25-21)27-12-14-28(15-13-27)22-8-3-4-11-24-22/h3-11,16H,12-15H2,1-2H3,(H,26,29). The van der Waals surface area contributed by atoms with Gasteiger partial charge in [0.15, 0.2) is 0 Å². The lowest BCUT2D eigenvalue weighted by Gasteiger charge is -2.36. The molecular formula is C23H25N5O. The Morgan fingerprint density at radius 3 is 2.38 bits per heavy atom. The van der Waals surface area contributed by atoms with Crippen LogP contribution in [-0.2, 0) is 0 Å². The van der Waals surface area contributed by atoms with Gasteiger partial charge in [0.25, 0.3) is 5.91 Å². The molecule has 0 bridgehead atoms. The predicted octanol–water partition coefficient (Wildman–Crippen LogP) is 3.67. The fourth-order valence-corrected chi connectivity index (χ4v) is 3.51. The summed E-state index contributed by atoms with van der Waals surface area (Å²) in [5, 5.41) is 2.96. The molecule has 0 saturated carbocycles. The molecule has 6 heteroatoms. The van der Waals surface area contributed by atoms with Crippen molar-refractivity contribution >= 4 is 23.1 Å². The smallest absolute Gasteiger partial charge is 0.274 e. The summed E-state index contributed by atoms with van der Waals surface area (Å²) >= 11 is 0. The Kier molecular flexibility index (Phi) is 5.42. The summed E-state index contributed by atoms with van der Waals surface area (Å²) in [5.41, 5.74) is 4.50. The summed E-state index contributed by atoms with van der Waals surface area (Å²) in [7, 11) is 0. The maximum Gasteiger partial charge on any atom is 0.274 e. The van der Waals surface area contributed by atoms with Gasteiger partial charge in [-0.1, -0.05) is 18.2 Å². The number of amides is 1. The monoisotopic (exact) mass is 387 g/mol. The molecule has 1 aromatic carbocycles. The molecule has 148 valence electrons. The van der Waals surface area contributed by atoms with Crippen molar-refractivity contribution < 1.29 is 4.79 Å². The number of piperazine rings is 1. The average molecular weight is 387 g/mol. The molecule has 1 N–H and O–H groups in total. The summed E-state index contributed by atoms with van der Waals surface area (Å²) in [4.78, 5) is 26.0. The molecule has 6 nitrogen and oxygen atoms in total. The number of nitrogens with zero attached hydrogens (tertiary/aromatic N) is 4. The van der Waals surface area contributed by atoms with E-state index in [9.17, 15) is 4.79 Å². The molecule has 0 radical (unpaired) electrons. The number of carbonyl (C=O) groups excluding carboxylic acids is 1. The number of rotatable bonds is 4. The van der Waals surface area contributed by atoms with Crippen LogP contribution in [0, 0.1) is 13.8 Å². The Morgan fingerprint density at radius 2 is 1.69 bits per heavy atom. The Bertz CT molecular complexity index is 980. The van der Waals surface area contributed by atoms with E-state index in [-0.39, 0.29) is 5.91 Å². The third-order valence-electron chi connectivity index (χ3n) is 5.45. The number of aryl methyl sites for hydroxylation is 1. The topological polar surface area (TPSA) is 61.4 Å². The summed E-state index contributed by atoms with van der Waals surface area (Å²) in [5.74, 6) is 0.828. The average Bonchev–Trinajstić information content (AvgIpc) is 2.78. The van der Waals surface area contributed by atoms with Crippen LogP contribution in [0.15, 0.2) is 60.9 Å². The van der Waals surface area contributed by atoms with Gasteiger partial charge in [0.1, 0.15) is 11.5 Å². The number of carbonyl (C=O) groups is 1. The number of benzene rings is 1. The van der Waals surface area contributed by atoms with E-state index in [2.05, 4.69) is 25.1 Å². The van der Waals surface area contributed by atoms with Crippen LogP contribution in [0.25, 0.3) is 0 Å². The Labute approximate surface area is 171 Å². The highest BCUT2D eigenvalue weighted by atomic mass is 16.1. The first-order chi connectivity index (χ1) is 14.1. The normalized spacial score (nSPS) is 14.0. The van der Waals surface area contributed by atoms with Crippen molar-refractivity contribution in [3.8, 4) is 0 Å². The Hall–Kier alpha value is -3.41. The number of pyridine rings is 2. The molecule has 1 amide bonds. The van der Waals surface area contributed by atoms with Gasteiger partial charge in [0.2, 0.25) is 0 Å². The van der Waals surface area contributed by atoms with Crippen molar-refractivity contribution in [2.24, 2.45) is 0 Å². The van der Waals surface area contributed by atoms with E-state index in [4.69, 9.17) is 0 Å². The van der Waals surface area contributed by atoms with Crippen molar-refractivity contribution in [1.82, 2.24) is 9.97 Å². The minimum absolute atomic E-state index is 0.190. The second-order valence-electron chi connectivity index (χ2n) is 7.27. The van der Waals surface area contributed by atoms with Gasteiger partial charge in [-0.3, -0.25) is 4.79 Å². The third-order valence-corrected chi connectivity index (χ3v) is 5.45. The zero-order valence-corrected chi connectivity index (χ0v) is 16.8. The number of aromatic nitrogens is 2. The van der Waals surface area contributed by atoms with Gasteiger partial charge in [-0.05, 0) is 55.3 Å². The molecule has 0 aliphatic carbocycles. The van der Waals surface area contributed by atoms with E-state index in [1.165, 1.54) is 0 Å². The second kappa shape index (κ2) is 8.31. The van der Waals surface area contributed by atoms with Gasteiger partial charge in [-0.15, -0.1) is 0 Å². The zero-order valence-electron chi connectivity index (χ0n) is 16.8. The highest BCUT2D eigenvalue weighted by Gasteiger charge is 2.19. The van der Waals surface area contributed by atoms with Crippen LogP contribution in [0.3, 0.4) is 0 Å². The number of hydrogen-bond donors (Lipinski definition) is 1. The highest BCUT2D eigenvalue weighted by molar-refractivity contribution is 6.03. The molecular weight excluding hydrogens is 362 g/mol. The molecule has 0 spiro atoms. The van der Waals surface area contributed by atoms with Gasteiger partial charge in [0.05, 0.1) is 11.9 Å². The van der Waals surface area contributed by atoms with Crippen molar-refractivity contribution in [3.63, 3.8) is 0 Å². The molecule has 4 rings (SSSR count). The zero-order chi connectivity index (χ0) is 20.2. The first-order valence-corrected chi connectivity index (χ1v) is 9.86. The first kappa shape index (κ1) is 18.9. The van der Waals surface area contributed by atoms with Gasteiger partial charge in [-0.2, -0.15) is 0 Å². The molecule has 2 aromatic heterocycles. The summed E-state index contributed by atoms with van der Waals surface area (Å²) in [6.45, 7) is 7.65. The van der Waals surface area contributed by atoms with Crippen LogP contribution in [0.4, 0.5) is 17.2 Å². The second-order valence-corrected chi connectivity index (χ2v) is 7.27. The van der Waals surface area contributed by atoms with Crippen LogP contribution in [0.1, 0.15) is 21.6 Å². The van der Waals surface area contributed by atoms with Crippen molar-refractivity contribution in [2.75, 3.05) is 41.3 Å². The lowest BCUT2D eigenvalue weighted by Crippen LogP contribution is -2.46. The summed E-state index contributed by atoms with van der Waals surface area (Å²) in [6.07, 6.45) is 3.61. The molecule has 3 heterocycles. The lowest BCUT2D eigenvalue weighted by atomic mass is 10.1. The van der Waals surface area contributed by atoms with Crippen LogP contribution in [0.5, 0.6) is 0 Å². The van der Waals surface area contributed by atoms with Crippen LogP contribution in [0.2, 0.25) is 0 Å². The van der Waals surface area contributed by atoms with E-state index in [0.29, 0.717) is 5.69 Å². The van der Waals surface area contributed by atoms with Crippen molar-refractivity contribution in [3.05, 3.63) is 77.7 Å². The van der Waals surface area contributed by atoms with Crippen molar-refractivity contribution in [1.29, 1.82) is 0 Å². The molecule has 1 aliphatic heterocycles. The fraction of sp³-hybridized carbons (Fsp3) is 0.261. The first-order valence-electron chi connectivity index (χ1n) is 9.86. The minimum atomic E-state index is -0.190. The Balaban J connectivity index is 1.38. The molecule has 0 atom stereocenters. The van der Waals surface area contributed by atoms with E-state index < -0.39 is 0 Å². The van der Waals surface area contributed by atoms with E-state index in [0.717, 1.165) is 54.5 Å². The maximum absolute atomic E-state index is 12.6. The molecule has 1 saturated heterocycles. The molecule has 1 aliphatic rings. The minimum Gasteiger partial charge on any atom is -0.367 e. The number of nitrogens with one attached hydrogen (secondary N) is 1. The predicted molar refractivity (Wildman–Crippen MR) is 117 cm³/mol. The largest absolute Gasteiger partial charge is 0.367 e. The van der Waals surface area contributed by atoms with Gasteiger partial charge in [-0.25, -0.2) is 9.97 Å². The molecule has 0 unspecified atom stereocenters. The SMILES string of the molecule is Cc1cccc(NC(=O)c2ccc(N3CCN(c4ccccn4)CC3)cn2)c1C. The highest BCUT2D eigenvalue weighted by Crippen LogP contribution is 2.21. The van der Waals surface area contributed by atoms with E-state index >= 15 is 0 Å². The maximum atomic E-state index is 12.6. The van der Waals surface area contributed by atoms with Crippen LogP contribution >= 0.6 is 0 Å². The number of anilines is 3.